The Bertz CT molecular complexity index is 454. The molecule has 0 aliphatic carbocycles. The third-order valence-corrected chi connectivity index (χ3v) is 2.71. The number of carbonyl (C=O) groups excluding carboxylic acids is 1. The minimum atomic E-state index is -0.103. The number of hydrogen-bond acceptors (Lipinski definition) is 2. The second kappa shape index (κ2) is 7.48. The van der Waals surface area contributed by atoms with E-state index in [0.29, 0.717) is 17.2 Å². The lowest BCUT2D eigenvalue weighted by Gasteiger charge is -1.90. The number of aldehydes is 1. The minimum Gasteiger partial charge on any atom is -0.298 e. The van der Waals surface area contributed by atoms with Crippen molar-refractivity contribution >= 4 is 20.1 Å². The van der Waals surface area contributed by atoms with Crippen molar-refractivity contribution in [3.8, 4) is 0 Å². The summed E-state index contributed by atoms with van der Waals surface area (Å²) < 4.78 is 10.3. The van der Waals surface area contributed by atoms with Crippen LogP contribution in [-0.4, -0.2) is 6.29 Å². The van der Waals surface area contributed by atoms with Crippen LogP contribution < -0.4 is 5.30 Å². The van der Waals surface area contributed by atoms with E-state index in [4.69, 9.17) is 0 Å². The highest BCUT2D eigenvalue weighted by molar-refractivity contribution is 7.34. The third-order valence-electron chi connectivity index (χ3n) is 2.10. The van der Waals surface area contributed by atoms with Gasteiger partial charge in [-0.05, 0) is 13.0 Å². The van der Waals surface area contributed by atoms with E-state index in [1.54, 1.807) is 24.3 Å². The molecule has 0 N–H and O–H groups in total. The molecule has 0 amide bonds. The van der Waals surface area contributed by atoms with E-state index in [0.717, 1.165) is 0 Å². The van der Waals surface area contributed by atoms with Gasteiger partial charge in [0.15, 0.2) is 14.7 Å². The van der Waals surface area contributed by atoms with Crippen molar-refractivity contribution in [3.05, 3.63) is 65.7 Å². The normalized spacial score (nSPS) is 9.24. The summed E-state index contributed by atoms with van der Waals surface area (Å²) in [5.74, 6) is 0. The Morgan fingerprint density at radius 2 is 1.53 bits per heavy atom. The van der Waals surface area contributed by atoms with Crippen molar-refractivity contribution in [1.29, 1.82) is 0 Å². The summed E-state index contributed by atoms with van der Waals surface area (Å²) in [7, 11) is -0.103. The lowest BCUT2D eigenvalue weighted by atomic mass is 10.2. The highest BCUT2D eigenvalue weighted by Crippen LogP contribution is 2.00. The predicted molar refractivity (Wildman–Crippen MR) is 70.2 cm³/mol. The van der Waals surface area contributed by atoms with Gasteiger partial charge in [0.1, 0.15) is 0 Å². The second-order valence-electron chi connectivity index (χ2n) is 3.42. The lowest BCUT2D eigenvalue weighted by Crippen LogP contribution is -1.98. The van der Waals surface area contributed by atoms with Crippen LogP contribution in [0.25, 0.3) is 0 Å². The zero-order valence-corrected chi connectivity index (χ0v) is 10.4. The van der Waals surface area contributed by atoms with Gasteiger partial charge in [-0.2, -0.15) is 0 Å². The van der Waals surface area contributed by atoms with Crippen molar-refractivity contribution < 1.29 is 9.36 Å². The van der Waals surface area contributed by atoms with E-state index in [1.807, 2.05) is 18.2 Å². The van der Waals surface area contributed by atoms with Gasteiger partial charge >= 0.3 is 0 Å². The number of rotatable bonds is 2. The first-order valence-corrected chi connectivity index (χ1v) is 5.98. The molecule has 0 aromatic heterocycles. The van der Waals surface area contributed by atoms with Crippen LogP contribution in [0, 0.1) is 6.92 Å². The number of carbonyl (C=O) groups is 1. The molecule has 17 heavy (non-hydrogen) atoms. The lowest BCUT2D eigenvalue weighted by molar-refractivity contribution is 0.112. The van der Waals surface area contributed by atoms with Gasteiger partial charge in [-0.25, -0.2) is 0 Å². The highest BCUT2D eigenvalue weighted by Gasteiger charge is 1.96. The van der Waals surface area contributed by atoms with Gasteiger partial charge in [-0.15, -0.1) is 0 Å². The van der Waals surface area contributed by atoms with Gasteiger partial charge in [0.2, 0.25) is 0 Å². The molecule has 0 spiro atoms. The molecule has 0 bridgehead atoms. The van der Waals surface area contributed by atoms with Crippen LogP contribution in [0.3, 0.4) is 0 Å². The first kappa shape index (κ1) is 13.3. The van der Waals surface area contributed by atoms with Crippen LogP contribution in [0.1, 0.15) is 15.9 Å². The maximum absolute atomic E-state index is 10.3. The zero-order valence-electron chi connectivity index (χ0n) is 9.54. The molecule has 3 heteroatoms. The molecule has 2 aromatic carbocycles. The van der Waals surface area contributed by atoms with Crippen molar-refractivity contribution in [3.63, 3.8) is 0 Å². The van der Waals surface area contributed by atoms with Gasteiger partial charge in [-0.3, -0.25) is 9.36 Å². The van der Waals surface area contributed by atoms with E-state index < -0.39 is 0 Å². The van der Waals surface area contributed by atoms with E-state index in [1.165, 1.54) is 5.56 Å². The quantitative estimate of drug-likeness (QED) is 0.599. The molecule has 0 radical (unpaired) electrons. The summed E-state index contributed by atoms with van der Waals surface area (Å²) in [6, 6.07) is 17.0. The molecule has 0 heterocycles. The Labute approximate surface area is 103 Å². The van der Waals surface area contributed by atoms with Crippen molar-refractivity contribution in [1.82, 2.24) is 0 Å². The monoisotopic (exact) mass is 244 g/mol. The molecule has 0 atom stereocenters. The molecule has 2 rings (SSSR count). The molecule has 86 valence electrons. The molecular weight excluding hydrogens is 231 g/mol. The Kier molecular flexibility index (Phi) is 5.84. The van der Waals surface area contributed by atoms with E-state index in [9.17, 15) is 9.36 Å². The molecule has 0 saturated carbocycles. The maximum atomic E-state index is 10.3. The highest BCUT2D eigenvalue weighted by atomic mass is 31.1. The summed E-state index contributed by atoms with van der Waals surface area (Å²) in [6.45, 7) is 2.08. The fourth-order valence-electron chi connectivity index (χ4n) is 1.20. The molecule has 0 unspecified atom stereocenters. The van der Waals surface area contributed by atoms with E-state index >= 15 is 0 Å². The molecule has 0 saturated heterocycles. The summed E-state index contributed by atoms with van der Waals surface area (Å²) >= 11 is 0. The zero-order chi connectivity index (χ0) is 12.5. The van der Waals surface area contributed by atoms with Crippen molar-refractivity contribution in [2.45, 2.75) is 6.92 Å². The first-order valence-electron chi connectivity index (χ1n) is 5.17. The van der Waals surface area contributed by atoms with Crippen LogP contribution >= 0.6 is 8.46 Å². The van der Waals surface area contributed by atoms with Crippen LogP contribution in [0.4, 0.5) is 0 Å². The fourth-order valence-corrected chi connectivity index (χ4v) is 1.58. The minimum absolute atomic E-state index is 0.103. The summed E-state index contributed by atoms with van der Waals surface area (Å²) in [6.07, 6.45) is 0.695. The van der Waals surface area contributed by atoms with Crippen molar-refractivity contribution in [2.75, 3.05) is 0 Å². The molecular formula is C14H13O2P. The molecule has 0 fully saturated rings. The predicted octanol–water partition coefficient (Wildman–Crippen LogP) is 3.41. The first-order chi connectivity index (χ1) is 8.27. The van der Waals surface area contributed by atoms with E-state index in [2.05, 4.69) is 19.1 Å². The van der Waals surface area contributed by atoms with E-state index in [-0.39, 0.29) is 8.46 Å². The van der Waals surface area contributed by atoms with Crippen LogP contribution in [-0.2, 0) is 4.57 Å². The van der Waals surface area contributed by atoms with Gasteiger partial charge in [0, 0.05) is 5.56 Å². The van der Waals surface area contributed by atoms with Crippen LogP contribution in [0.2, 0.25) is 0 Å². The van der Waals surface area contributed by atoms with Gasteiger partial charge < -0.3 is 0 Å². The largest absolute Gasteiger partial charge is 0.298 e. The van der Waals surface area contributed by atoms with Crippen LogP contribution in [0.5, 0.6) is 0 Å². The van der Waals surface area contributed by atoms with Crippen molar-refractivity contribution in [2.24, 2.45) is 0 Å². The molecule has 2 nitrogen and oxygen atoms in total. The summed E-state index contributed by atoms with van der Waals surface area (Å²) in [5.41, 5.74) is 1.81. The second-order valence-corrected chi connectivity index (χ2v) is 4.09. The Balaban J connectivity index is 0.000000181. The fraction of sp³-hybridized carbons (Fsp3) is 0.0714. The smallest absolute Gasteiger partial charge is 0.193 e. The number of aryl methyl sites for hydroxylation is 1. The topological polar surface area (TPSA) is 34.1 Å². The molecule has 0 aliphatic rings. The van der Waals surface area contributed by atoms with Gasteiger partial charge in [-0.1, -0.05) is 54.1 Å². The third kappa shape index (κ3) is 4.71. The molecule has 0 aliphatic heterocycles. The summed E-state index contributed by atoms with van der Waals surface area (Å²) in [4.78, 5) is 10.2. The Hall–Kier alpha value is -1.79. The average molecular weight is 244 g/mol. The summed E-state index contributed by atoms with van der Waals surface area (Å²) in [5, 5.41) is 0.539. The number of benzene rings is 2. The number of hydrogen-bond donors (Lipinski definition) is 0. The van der Waals surface area contributed by atoms with Gasteiger partial charge in [0.05, 0.1) is 5.30 Å². The molecule has 2 aromatic rings. The average Bonchev–Trinajstić information content (AvgIpc) is 2.40. The SMILES string of the molecule is Cc1ccccc1.O=Cc1ccccc1P=O. The standard InChI is InChI=1S/C7H5O2P.C7H8/c8-5-6-3-1-2-4-7(6)10-9;1-7-5-3-2-4-6-7/h1-5H;2-6H,1H3. The Morgan fingerprint density at radius 3 is 1.94 bits per heavy atom. The van der Waals surface area contributed by atoms with Crippen LogP contribution in [0.15, 0.2) is 54.6 Å². The van der Waals surface area contributed by atoms with Gasteiger partial charge in [0.25, 0.3) is 0 Å². The maximum Gasteiger partial charge on any atom is 0.193 e. The Morgan fingerprint density at radius 1 is 0.941 bits per heavy atom.